The molecule has 0 saturated carbocycles. The summed E-state index contributed by atoms with van der Waals surface area (Å²) in [5, 5.41) is 2.95. The Morgan fingerprint density at radius 1 is 1.00 bits per heavy atom. The zero-order valence-corrected chi connectivity index (χ0v) is 16.5. The molecule has 7 heteroatoms. The van der Waals surface area contributed by atoms with Crippen LogP contribution in [0.3, 0.4) is 0 Å². The Morgan fingerprint density at radius 3 is 2.46 bits per heavy atom. The molecule has 0 aromatic heterocycles. The number of likely N-dealkylation sites (tertiary alicyclic amines) is 1. The standard InChI is InChI=1S/C19H36N2O5/c1-3-11-24-14-10-21-9-5-6-18(21)19(23)20-8-13-26-16-15-25-12-7-17(22)4-2/h18H,3-16H2,1-2H3,(H,20,23)/t18-/m0/s1. The van der Waals surface area contributed by atoms with Crippen molar-refractivity contribution in [3.63, 3.8) is 0 Å². The summed E-state index contributed by atoms with van der Waals surface area (Å²) in [5.74, 6) is 0.294. The van der Waals surface area contributed by atoms with Crippen LogP contribution in [0.1, 0.15) is 46.0 Å². The molecule has 152 valence electrons. The van der Waals surface area contributed by atoms with Crippen LogP contribution < -0.4 is 5.32 Å². The zero-order valence-electron chi connectivity index (χ0n) is 16.5. The topological polar surface area (TPSA) is 77.1 Å². The summed E-state index contributed by atoms with van der Waals surface area (Å²) >= 11 is 0. The third-order valence-corrected chi connectivity index (χ3v) is 4.37. The van der Waals surface area contributed by atoms with Gasteiger partial charge >= 0.3 is 0 Å². The van der Waals surface area contributed by atoms with E-state index in [0.717, 1.165) is 39.0 Å². The highest BCUT2D eigenvalue weighted by atomic mass is 16.5. The minimum Gasteiger partial charge on any atom is -0.380 e. The minimum absolute atomic E-state index is 0.0420. The van der Waals surface area contributed by atoms with Crippen molar-refractivity contribution in [2.75, 3.05) is 59.3 Å². The van der Waals surface area contributed by atoms with Crippen molar-refractivity contribution in [3.05, 3.63) is 0 Å². The Labute approximate surface area is 157 Å². The molecule has 0 aliphatic carbocycles. The summed E-state index contributed by atoms with van der Waals surface area (Å²) in [6, 6.07) is -0.0420. The summed E-state index contributed by atoms with van der Waals surface area (Å²) in [6.45, 7) is 9.54. The zero-order chi connectivity index (χ0) is 19.0. The number of carbonyl (C=O) groups is 2. The van der Waals surface area contributed by atoms with E-state index in [1.54, 1.807) is 0 Å². The van der Waals surface area contributed by atoms with Gasteiger partial charge in [-0.2, -0.15) is 0 Å². The minimum atomic E-state index is -0.0420. The molecule has 1 aliphatic heterocycles. The van der Waals surface area contributed by atoms with Crippen LogP contribution in [-0.2, 0) is 23.8 Å². The first-order chi connectivity index (χ1) is 12.7. The van der Waals surface area contributed by atoms with Gasteiger partial charge in [-0.25, -0.2) is 0 Å². The van der Waals surface area contributed by atoms with Gasteiger partial charge in [0, 0.05) is 32.5 Å². The number of carbonyl (C=O) groups excluding carboxylic acids is 2. The average molecular weight is 373 g/mol. The predicted molar refractivity (Wildman–Crippen MR) is 100 cm³/mol. The molecule has 1 aliphatic rings. The highest BCUT2D eigenvalue weighted by molar-refractivity contribution is 5.82. The lowest BCUT2D eigenvalue weighted by molar-refractivity contribution is -0.126. The smallest absolute Gasteiger partial charge is 0.237 e. The maximum atomic E-state index is 12.3. The van der Waals surface area contributed by atoms with Gasteiger partial charge in [0.05, 0.1) is 39.1 Å². The van der Waals surface area contributed by atoms with Crippen molar-refractivity contribution >= 4 is 11.7 Å². The molecule has 0 spiro atoms. The number of rotatable bonds is 16. The molecular weight excluding hydrogens is 336 g/mol. The fraction of sp³-hybridized carbons (Fsp3) is 0.895. The molecular formula is C19H36N2O5. The second kappa shape index (κ2) is 15.1. The van der Waals surface area contributed by atoms with Crippen LogP contribution in [-0.4, -0.2) is 81.9 Å². The van der Waals surface area contributed by atoms with Crippen LogP contribution in [0.5, 0.6) is 0 Å². The van der Waals surface area contributed by atoms with Gasteiger partial charge in [-0.3, -0.25) is 14.5 Å². The van der Waals surface area contributed by atoms with Gasteiger partial charge in [0.1, 0.15) is 5.78 Å². The first-order valence-electron chi connectivity index (χ1n) is 9.95. The second-order valence-corrected chi connectivity index (χ2v) is 6.46. The molecule has 1 atom stereocenters. The maximum absolute atomic E-state index is 12.3. The van der Waals surface area contributed by atoms with Crippen molar-refractivity contribution in [2.24, 2.45) is 0 Å². The number of ketones is 1. The lowest BCUT2D eigenvalue weighted by atomic mass is 10.2. The largest absolute Gasteiger partial charge is 0.380 e. The molecule has 1 saturated heterocycles. The van der Waals surface area contributed by atoms with E-state index in [1.807, 2.05) is 6.92 Å². The molecule has 26 heavy (non-hydrogen) atoms. The van der Waals surface area contributed by atoms with E-state index in [9.17, 15) is 9.59 Å². The van der Waals surface area contributed by atoms with Gasteiger partial charge in [0.2, 0.25) is 5.91 Å². The number of Topliss-reactive ketones (excluding diaryl/α,β-unsaturated/α-hetero) is 1. The van der Waals surface area contributed by atoms with Crippen LogP contribution in [0.4, 0.5) is 0 Å². The quantitative estimate of drug-likeness (QED) is 0.413. The Balaban J connectivity index is 2.00. The first-order valence-corrected chi connectivity index (χ1v) is 9.95. The monoisotopic (exact) mass is 372 g/mol. The summed E-state index contributed by atoms with van der Waals surface area (Å²) in [7, 11) is 0. The van der Waals surface area contributed by atoms with Crippen molar-refractivity contribution < 1.29 is 23.8 Å². The molecule has 7 nitrogen and oxygen atoms in total. The summed E-state index contributed by atoms with van der Waals surface area (Å²) < 4.78 is 16.3. The maximum Gasteiger partial charge on any atom is 0.237 e. The fourth-order valence-corrected chi connectivity index (χ4v) is 2.87. The van der Waals surface area contributed by atoms with Gasteiger partial charge in [-0.1, -0.05) is 13.8 Å². The predicted octanol–water partition coefficient (Wildman–Crippen LogP) is 1.40. The van der Waals surface area contributed by atoms with Crippen molar-refractivity contribution in [2.45, 2.75) is 52.0 Å². The number of nitrogens with one attached hydrogen (secondary N) is 1. The van der Waals surface area contributed by atoms with Crippen molar-refractivity contribution in [3.8, 4) is 0 Å². The van der Waals surface area contributed by atoms with Crippen LogP contribution in [0.25, 0.3) is 0 Å². The number of nitrogens with zero attached hydrogens (tertiary/aromatic N) is 1. The molecule has 1 amide bonds. The molecule has 0 bridgehead atoms. The first kappa shape index (κ1) is 23.0. The number of hydrogen-bond acceptors (Lipinski definition) is 6. The third-order valence-electron chi connectivity index (χ3n) is 4.37. The fourth-order valence-electron chi connectivity index (χ4n) is 2.87. The number of ether oxygens (including phenoxy) is 3. The molecule has 0 unspecified atom stereocenters. The third kappa shape index (κ3) is 10.2. The van der Waals surface area contributed by atoms with E-state index in [2.05, 4.69) is 17.1 Å². The number of amides is 1. The molecule has 0 aromatic carbocycles. The molecule has 1 heterocycles. The van der Waals surface area contributed by atoms with E-state index >= 15 is 0 Å². The van der Waals surface area contributed by atoms with Gasteiger partial charge in [0.25, 0.3) is 0 Å². The van der Waals surface area contributed by atoms with Crippen molar-refractivity contribution in [1.82, 2.24) is 10.2 Å². The highest BCUT2D eigenvalue weighted by Crippen LogP contribution is 2.16. The average Bonchev–Trinajstić information content (AvgIpc) is 3.12. The van der Waals surface area contributed by atoms with Gasteiger partial charge in [-0.05, 0) is 25.8 Å². The SMILES string of the molecule is CCCOCCN1CCC[C@H]1C(=O)NCCOCCOCCC(=O)CC. The Bertz CT molecular complexity index is 392. The number of hydrogen-bond donors (Lipinski definition) is 1. The van der Waals surface area contributed by atoms with Crippen LogP contribution in [0, 0.1) is 0 Å². The Kier molecular flexibility index (Phi) is 13.4. The summed E-state index contributed by atoms with van der Waals surface area (Å²) in [4.78, 5) is 25.6. The van der Waals surface area contributed by atoms with E-state index in [4.69, 9.17) is 14.2 Å². The summed E-state index contributed by atoms with van der Waals surface area (Å²) in [6.07, 6.45) is 4.01. The van der Waals surface area contributed by atoms with Crippen molar-refractivity contribution in [1.29, 1.82) is 0 Å². The van der Waals surface area contributed by atoms with E-state index in [1.165, 1.54) is 0 Å². The van der Waals surface area contributed by atoms with Crippen LogP contribution in [0.2, 0.25) is 0 Å². The normalized spacial score (nSPS) is 17.5. The molecule has 1 rings (SSSR count). The van der Waals surface area contributed by atoms with Gasteiger partial charge in [-0.15, -0.1) is 0 Å². The lowest BCUT2D eigenvalue weighted by Gasteiger charge is -2.23. The molecule has 1 fully saturated rings. The van der Waals surface area contributed by atoms with Gasteiger partial charge in [0.15, 0.2) is 0 Å². The Hall–Kier alpha value is -1.02. The summed E-state index contributed by atoms with van der Waals surface area (Å²) in [5.41, 5.74) is 0. The molecule has 0 radical (unpaired) electrons. The Morgan fingerprint density at radius 2 is 1.73 bits per heavy atom. The van der Waals surface area contributed by atoms with E-state index in [-0.39, 0.29) is 17.7 Å². The second-order valence-electron chi connectivity index (χ2n) is 6.46. The highest BCUT2D eigenvalue weighted by Gasteiger charge is 2.29. The van der Waals surface area contributed by atoms with Gasteiger partial charge < -0.3 is 19.5 Å². The van der Waals surface area contributed by atoms with Crippen LogP contribution >= 0.6 is 0 Å². The lowest BCUT2D eigenvalue weighted by Crippen LogP contribution is -2.45. The molecule has 1 N–H and O–H groups in total. The van der Waals surface area contributed by atoms with E-state index in [0.29, 0.717) is 52.4 Å². The van der Waals surface area contributed by atoms with E-state index < -0.39 is 0 Å². The van der Waals surface area contributed by atoms with Crippen LogP contribution in [0.15, 0.2) is 0 Å². The molecule has 0 aromatic rings.